The number of aromatic nitrogens is 1. The Morgan fingerprint density at radius 2 is 1.46 bits per heavy atom. The molecule has 0 bridgehead atoms. The van der Waals surface area contributed by atoms with Crippen LogP contribution in [0.15, 0.2) is 77.7 Å². The first-order chi connectivity index (χ1) is 18.9. The molecule has 1 aliphatic carbocycles. The van der Waals surface area contributed by atoms with Crippen molar-refractivity contribution in [3.63, 3.8) is 0 Å². The molecule has 5 rings (SSSR count). The molecule has 1 saturated carbocycles. The lowest BCUT2D eigenvalue weighted by molar-refractivity contribution is -0.148. The van der Waals surface area contributed by atoms with Crippen LogP contribution in [0.25, 0.3) is 5.69 Å². The van der Waals surface area contributed by atoms with Crippen LogP contribution in [0, 0.1) is 18.3 Å². The fourth-order valence-corrected chi connectivity index (χ4v) is 4.26. The molecule has 2 aliphatic rings. The number of terminal acetylenes is 1. The van der Waals surface area contributed by atoms with Gasteiger partial charge in [0.15, 0.2) is 0 Å². The second kappa shape index (κ2) is 11.1. The van der Waals surface area contributed by atoms with Crippen LogP contribution in [0.4, 0.5) is 21.0 Å². The lowest BCUT2D eigenvalue weighted by Crippen LogP contribution is -2.48. The van der Waals surface area contributed by atoms with Crippen molar-refractivity contribution in [3.05, 3.63) is 88.8 Å². The summed E-state index contributed by atoms with van der Waals surface area (Å²) < 4.78 is 7.07. The quantitative estimate of drug-likeness (QED) is 0.375. The van der Waals surface area contributed by atoms with Crippen molar-refractivity contribution in [1.29, 1.82) is 0 Å². The summed E-state index contributed by atoms with van der Waals surface area (Å²) >= 11 is 0. The van der Waals surface area contributed by atoms with Crippen LogP contribution in [0.1, 0.15) is 24.8 Å². The molecule has 39 heavy (non-hydrogen) atoms. The largest absolute Gasteiger partial charge is 0.458 e. The predicted molar refractivity (Wildman–Crippen MR) is 145 cm³/mol. The van der Waals surface area contributed by atoms with Crippen LogP contribution in [0.3, 0.4) is 0 Å². The minimum atomic E-state index is -0.663. The molecule has 1 atom stereocenters. The Morgan fingerprint density at radius 3 is 2.00 bits per heavy atom. The molecule has 2 aromatic carbocycles. The number of nitrogens with one attached hydrogen (secondary N) is 2. The number of anilines is 2. The minimum Gasteiger partial charge on any atom is -0.458 e. The lowest BCUT2D eigenvalue weighted by Gasteiger charge is -2.27. The smallest absolute Gasteiger partial charge is 0.340 e. The molecule has 1 aromatic heterocycles. The normalized spacial score (nSPS) is 16.3. The number of pyridine rings is 1. The second-order valence-corrected chi connectivity index (χ2v) is 9.46. The topological polar surface area (TPSA) is 113 Å². The standard InChI is InChI=1S/C29H27N5O5/c1-2-20-8-10-22(11-9-20)30-28(37)33-18-25(39-27(36)17-21-6-7-21)19-34(33)29(38)31-23-12-14-24(15-13-23)32-16-4-3-5-26(32)35/h1,3-5,8-16,21,25H,6-7,17-19H2,(H,30,37)(H,31,38). The third-order valence-corrected chi connectivity index (χ3v) is 6.49. The monoisotopic (exact) mass is 525 g/mol. The number of carbonyl (C=O) groups excluding carboxylic acids is 3. The Hall–Kier alpha value is -5.04. The van der Waals surface area contributed by atoms with E-state index in [0.717, 1.165) is 12.8 Å². The van der Waals surface area contributed by atoms with E-state index in [9.17, 15) is 19.2 Å². The first-order valence-electron chi connectivity index (χ1n) is 12.6. The van der Waals surface area contributed by atoms with E-state index in [2.05, 4.69) is 16.6 Å². The highest BCUT2D eigenvalue weighted by molar-refractivity contribution is 5.94. The van der Waals surface area contributed by atoms with Gasteiger partial charge in [-0.3, -0.25) is 14.2 Å². The highest BCUT2D eigenvalue weighted by Gasteiger charge is 2.39. The molecule has 198 valence electrons. The maximum Gasteiger partial charge on any atom is 0.340 e. The number of esters is 1. The lowest BCUT2D eigenvalue weighted by atomic mass is 10.2. The summed E-state index contributed by atoms with van der Waals surface area (Å²) in [6.07, 6.45) is 8.75. The Morgan fingerprint density at radius 1 is 0.872 bits per heavy atom. The zero-order valence-corrected chi connectivity index (χ0v) is 21.1. The van der Waals surface area contributed by atoms with Gasteiger partial charge < -0.3 is 15.4 Å². The highest BCUT2D eigenvalue weighted by atomic mass is 16.5. The molecule has 1 aliphatic heterocycles. The molecular weight excluding hydrogens is 498 g/mol. The number of carbonyl (C=O) groups is 3. The molecule has 10 heteroatoms. The predicted octanol–water partition coefficient (Wildman–Crippen LogP) is 3.83. The fourth-order valence-electron chi connectivity index (χ4n) is 4.26. The number of rotatable bonds is 6. The van der Waals surface area contributed by atoms with Crippen LogP contribution in [-0.2, 0) is 9.53 Å². The molecule has 1 saturated heterocycles. The number of benzene rings is 2. The fraction of sp³-hybridized carbons (Fsp3) is 0.241. The molecule has 4 amide bonds. The molecule has 0 radical (unpaired) electrons. The summed E-state index contributed by atoms with van der Waals surface area (Å²) in [7, 11) is 0. The maximum absolute atomic E-state index is 13.3. The molecule has 1 unspecified atom stereocenters. The number of nitrogens with zero attached hydrogens (tertiary/aromatic N) is 3. The summed E-state index contributed by atoms with van der Waals surface area (Å²) in [6, 6.07) is 17.2. The Balaban J connectivity index is 1.29. The van der Waals surface area contributed by atoms with Crippen molar-refractivity contribution in [2.45, 2.75) is 25.4 Å². The summed E-state index contributed by atoms with van der Waals surface area (Å²) in [6.45, 7) is 0.0388. The van der Waals surface area contributed by atoms with Gasteiger partial charge in [-0.15, -0.1) is 6.42 Å². The Bertz CT molecular complexity index is 1470. The van der Waals surface area contributed by atoms with E-state index in [1.165, 1.54) is 20.7 Å². The van der Waals surface area contributed by atoms with E-state index in [4.69, 9.17) is 11.2 Å². The first-order valence-corrected chi connectivity index (χ1v) is 12.6. The molecule has 0 spiro atoms. The van der Waals surface area contributed by atoms with Gasteiger partial charge in [0.25, 0.3) is 5.56 Å². The van der Waals surface area contributed by atoms with E-state index in [0.29, 0.717) is 35.0 Å². The average molecular weight is 526 g/mol. The number of hydrogen-bond acceptors (Lipinski definition) is 5. The van der Waals surface area contributed by atoms with E-state index in [1.54, 1.807) is 66.9 Å². The zero-order valence-electron chi connectivity index (χ0n) is 21.1. The number of urea groups is 2. The number of ether oxygens (including phenoxy) is 1. The Kier molecular flexibility index (Phi) is 7.32. The van der Waals surface area contributed by atoms with E-state index in [1.807, 2.05) is 0 Å². The van der Waals surface area contributed by atoms with Crippen molar-refractivity contribution in [2.24, 2.45) is 5.92 Å². The summed E-state index contributed by atoms with van der Waals surface area (Å²) in [4.78, 5) is 50.8. The maximum atomic E-state index is 13.3. The van der Waals surface area contributed by atoms with Gasteiger partial charge in [0, 0.05) is 41.3 Å². The average Bonchev–Trinajstić information content (AvgIpc) is 3.65. The van der Waals surface area contributed by atoms with Crippen LogP contribution >= 0.6 is 0 Å². The van der Waals surface area contributed by atoms with Gasteiger partial charge in [0.05, 0.1) is 13.1 Å². The van der Waals surface area contributed by atoms with Crippen LogP contribution < -0.4 is 16.2 Å². The molecule has 2 N–H and O–H groups in total. The summed E-state index contributed by atoms with van der Waals surface area (Å²) in [5, 5.41) is 7.96. The van der Waals surface area contributed by atoms with Gasteiger partial charge in [0.2, 0.25) is 0 Å². The van der Waals surface area contributed by atoms with Gasteiger partial charge in [0.1, 0.15) is 6.10 Å². The van der Waals surface area contributed by atoms with Crippen molar-refractivity contribution >= 4 is 29.4 Å². The third-order valence-electron chi connectivity index (χ3n) is 6.49. The number of hydrazine groups is 1. The molecular formula is C29H27N5O5. The first kappa shape index (κ1) is 25.6. The summed E-state index contributed by atoms with van der Waals surface area (Å²) in [5.74, 6) is 2.54. The number of amides is 4. The van der Waals surface area contributed by atoms with Gasteiger partial charge in [-0.25, -0.2) is 19.6 Å². The molecule has 10 nitrogen and oxygen atoms in total. The summed E-state index contributed by atoms with van der Waals surface area (Å²) in [5.41, 5.74) is 2.09. The molecule has 3 aromatic rings. The van der Waals surface area contributed by atoms with Gasteiger partial charge in [-0.1, -0.05) is 12.0 Å². The van der Waals surface area contributed by atoms with E-state index in [-0.39, 0.29) is 24.6 Å². The SMILES string of the molecule is C#Cc1ccc(NC(=O)N2CC(OC(=O)CC3CC3)CN2C(=O)Nc2ccc(-n3ccccc3=O)cc2)cc1. The second-order valence-electron chi connectivity index (χ2n) is 9.46. The van der Waals surface area contributed by atoms with Crippen LogP contribution in [0.5, 0.6) is 0 Å². The van der Waals surface area contributed by atoms with Crippen molar-refractivity contribution in [1.82, 2.24) is 14.6 Å². The van der Waals surface area contributed by atoms with Crippen molar-refractivity contribution < 1.29 is 19.1 Å². The van der Waals surface area contributed by atoms with E-state index < -0.39 is 18.2 Å². The number of hydrogen-bond donors (Lipinski definition) is 2. The zero-order chi connectivity index (χ0) is 27.4. The van der Waals surface area contributed by atoms with Crippen molar-refractivity contribution in [3.8, 4) is 18.0 Å². The van der Waals surface area contributed by atoms with Gasteiger partial charge in [-0.2, -0.15) is 0 Å². The Labute approximate surface area is 225 Å². The highest BCUT2D eigenvalue weighted by Crippen LogP contribution is 2.33. The van der Waals surface area contributed by atoms with E-state index >= 15 is 0 Å². The minimum absolute atomic E-state index is 0.0170. The van der Waals surface area contributed by atoms with Gasteiger partial charge >= 0.3 is 18.0 Å². The third kappa shape index (κ3) is 6.27. The van der Waals surface area contributed by atoms with Crippen LogP contribution in [0.2, 0.25) is 0 Å². The van der Waals surface area contributed by atoms with Crippen molar-refractivity contribution in [2.75, 3.05) is 23.7 Å². The molecule has 2 heterocycles. The van der Waals surface area contributed by atoms with Crippen LogP contribution in [-0.4, -0.2) is 51.8 Å². The van der Waals surface area contributed by atoms with Gasteiger partial charge in [-0.05, 0) is 73.4 Å². The molecule has 2 fully saturated rings.